The summed E-state index contributed by atoms with van der Waals surface area (Å²) in [5.41, 5.74) is 7.38. The Hall–Kier alpha value is -1.52. The topological polar surface area (TPSA) is 63.8 Å². The summed E-state index contributed by atoms with van der Waals surface area (Å²) in [6.07, 6.45) is 3.15. The molecule has 0 fully saturated rings. The number of anilines is 3. The average molecular weight is 297 g/mol. The molecule has 4 nitrogen and oxygen atoms in total. The monoisotopic (exact) mass is 296 g/mol. The van der Waals surface area contributed by atoms with Crippen molar-refractivity contribution in [2.75, 3.05) is 11.1 Å². The number of para-hydroxylation sites is 1. The molecule has 0 saturated carbocycles. The molecule has 3 N–H and O–H groups in total. The standard InChI is InChI=1S/C13H14Cl2N4/c1-2-4-8-12(16)17-7-18-13(8)19-11-9(14)5-3-6-10(11)15/h3,5-7H,2,4H2,1H3,(H3,16,17,18,19). The molecule has 0 atom stereocenters. The van der Waals surface area contributed by atoms with Crippen LogP contribution in [0.25, 0.3) is 0 Å². The number of nitrogens with one attached hydrogen (secondary N) is 1. The number of aromatic nitrogens is 2. The lowest BCUT2D eigenvalue weighted by Crippen LogP contribution is -2.05. The summed E-state index contributed by atoms with van der Waals surface area (Å²) in [5, 5.41) is 4.21. The van der Waals surface area contributed by atoms with Crippen LogP contribution in [0.3, 0.4) is 0 Å². The van der Waals surface area contributed by atoms with Crippen molar-refractivity contribution in [3.63, 3.8) is 0 Å². The Morgan fingerprint density at radius 3 is 2.53 bits per heavy atom. The van der Waals surface area contributed by atoms with Crippen LogP contribution in [0.1, 0.15) is 18.9 Å². The molecule has 6 heteroatoms. The molecule has 0 saturated heterocycles. The van der Waals surface area contributed by atoms with E-state index in [9.17, 15) is 0 Å². The maximum Gasteiger partial charge on any atom is 0.139 e. The van der Waals surface area contributed by atoms with E-state index < -0.39 is 0 Å². The number of hydrogen-bond donors (Lipinski definition) is 2. The fourth-order valence-electron chi connectivity index (χ4n) is 1.77. The Morgan fingerprint density at radius 2 is 1.89 bits per heavy atom. The first-order valence-electron chi connectivity index (χ1n) is 5.93. The fourth-order valence-corrected chi connectivity index (χ4v) is 2.26. The van der Waals surface area contributed by atoms with Crippen LogP contribution in [0.15, 0.2) is 24.5 Å². The minimum Gasteiger partial charge on any atom is -0.383 e. The molecule has 0 unspecified atom stereocenters. The van der Waals surface area contributed by atoms with E-state index in [0.29, 0.717) is 27.4 Å². The Balaban J connectivity index is 2.41. The maximum atomic E-state index is 6.13. The third kappa shape index (κ3) is 3.08. The second-order valence-electron chi connectivity index (χ2n) is 4.06. The van der Waals surface area contributed by atoms with Crippen LogP contribution in [-0.2, 0) is 6.42 Å². The first kappa shape index (κ1) is 13.9. The van der Waals surface area contributed by atoms with Crippen molar-refractivity contribution >= 4 is 40.5 Å². The second-order valence-corrected chi connectivity index (χ2v) is 4.87. The second kappa shape index (κ2) is 6.08. The van der Waals surface area contributed by atoms with Gasteiger partial charge in [0, 0.05) is 5.56 Å². The van der Waals surface area contributed by atoms with Gasteiger partial charge in [-0.2, -0.15) is 0 Å². The van der Waals surface area contributed by atoms with Crippen molar-refractivity contribution < 1.29 is 0 Å². The summed E-state index contributed by atoms with van der Waals surface area (Å²) in [6.45, 7) is 2.07. The Bertz CT molecular complexity index is 567. The Labute approximate surface area is 122 Å². The highest BCUT2D eigenvalue weighted by Gasteiger charge is 2.12. The van der Waals surface area contributed by atoms with Crippen molar-refractivity contribution in [1.29, 1.82) is 0 Å². The third-order valence-electron chi connectivity index (χ3n) is 2.68. The van der Waals surface area contributed by atoms with E-state index in [1.807, 2.05) is 0 Å². The minimum absolute atomic E-state index is 0.475. The van der Waals surface area contributed by atoms with Gasteiger partial charge in [0.15, 0.2) is 0 Å². The largest absolute Gasteiger partial charge is 0.383 e. The third-order valence-corrected chi connectivity index (χ3v) is 3.31. The number of nitrogen functional groups attached to an aromatic ring is 1. The van der Waals surface area contributed by atoms with Crippen LogP contribution in [0.2, 0.25) is 10.0 Å². The molecule has 1 aromatic carbocycles. The molecule has 0 aliphatic heterocycles. The van der Waals surface area contributed by atoms with Crippen molar-refractivity contribution in [2.45, 2.75) is 19.8 Å². The van der Waals surface area contributed by atoms with Gasteiger partial charge in [-0.1, -0.05) is 42.6 Å². The molecule has 0 amide bonds. The molecule has 1 heterocycles. The number of nitrogens with two attached hydrogens (primary N) is 1. The zero-order valence-electron chi connectivity index (χ0n) is 10.5. The van der Waals surface area contributed by atoms with Gasteiger partial charge in [-0.3, -0.25) is 0 Å². The van der Waals surface area contributed by atoms with Crippen molar-refractivity contribution in [2.24, 2.45) is 0 Å². The van der Waals surface area contributed by atoms with Crippen LogP contribution in [-0.4, -0.2) is 9.97 Å². The summed E-state index contributed by atoms with van der Waals surface area (Å²) < 4.78 is 0. The summed E-state index contributed by atoms with van der Waals surface area (Å²) in [4.78, 5) is 8.22. The van der Waals surface area contributed by atoms with E-state index in [1.54, 1.807) is 18.2 Å². The number of rotatable bonds is 4. The SMILES string of the molecule is CCCc1c(N)ncnc1Nc1c(Cl)cccc1Cl. The normalized spacial score (nSPS) is 10.5. The van der Waals surface area contributed by atoms with E-state index in [4.69, 9.17) is 28.9 Å². The smallest absolute Gasteiger partial charge is 0.139 e. The number of hydrogen-bond acceptors (Lipinski definition) is 4. The highest BCUT2D eigenvalue weighted by atomic mass is 35.5. The first-order valence-corrected chi connectivity index (χ1v) is 6.69. The molecule has 2 aromatic rings. The summed E-state index contributed by atoms with van der Waals surface area (Å²) in [7, 11) is 0. The number of halogens is 2. The Kier molecular flexibility index (Phi) is 4.45. The zero-order chi connectivity index (χ0) is 13.8. The van der Waals surface area contributed by atoms with Gasteiger partial charge in [0.25, 0.3) is 0 Å². The van der Waals surface area contributed by atoms with E-state index in [0.717, 1.165) is 18.4 Å². The van der Waals surface area contributed by atoms with Crippen LogP contribution in [0, 0.1) is 0 Å². The lowest BCUT2D eigenvalue weighted by Gasteiger charge is -2.13. The van der Waals surface area contributed by atoms with Crippen molar-refractivity contribution in [3.8, 4) is 0 Å². The maximum absolute atomic E-state index is 6.13. The molecule has 1 aromatic heterocycles. The van der Waals surface area contributed by atoms with Gasteiger partial charge >= 0.3 is 0 Å². The molecule has 0 spiro atoms. The lowest BCUT2D eigenvalue weighted by molar-refractivity contribution is 0.908. The highest BCUT2D eigenvalue weighted by molar-refractivity contribution is 6.39. The van der Waals surface area contributed by atoms with Gasteiger partial charge < -0.3 is 11.1 Å². The zero-order valence-corrected chi connectivity index (χ0v) is 12.0. The molecule has 0 aliphatic carbocycles. The van der Waals surface area contributed by atoms with Gasteiger partial charge in [-0.15, -0.1) is 0 Å². The van der Waals surface area contributed by atoms with E-state index in [-0.39, 0.29) is 0 Å². The van der Waals surface area contributed by atoms with Crippen LogP contribution in [0.4, 0.5) is 17.3 Å². The molecule has 0 bridgehead atoms. The molecular formula is C13H14Cl2N4. The van der Waals surface area contributed by atoms with Crippen molar-refractivity contribution in [3.05, 3.63) is 40.1 Å². The Morgan fingerprint density at radius 1 is 1.21 bits per heavy atom. The quantitative estimate of drug-likeness (QED) is 0.893. The van der Waals surface area contributed by atoms with Crippen LogP contribution >= 0.6 is 23.2 Å². The van der Waals surface area contributed by atoms with Crippen LogP contribution < -0.4 is 11.1 Å². The highest BCUT2D eigenvalue weighted by Crippen LogP contribution is 2.33. The van der Waals surface area contributed by atoms with Crippen LogP contribution in [0.5, 0.6) is 0 Å². The predicted molar refractivity (Wildman–Crippen MR) is 80.2 cm³/mol. The van der Waals surface area contributed by atoms with Gasteiger partial charge in [-0.05, 0) is 18.6 Å². The molecule has 0 radical (unpaired) electrons. The molecule has 100 valence electrons. The van der Waals surface area contributed by atoms with E-state index in [1.165, 1.54) is 6.33 Å². The average Bonchev–Trinajstić information content (AvgIpc) is 2.38. The van der Waals surface area contributed by atoms with E-state index in [2.05, 4.69) is 22.2 Å². The fraction of sp³-hybridized carbons (Fsp3) is 0.231. The first-order chi connectivity index (χ1) is 9.13. The summed E-state index contributed by atoms with van der Waals surface area (Å²) >= 11 is 12.3. The van der Waals surface area contributed by atoms with Gasteiger partial charge in [-0.25, -0.2) is 9.97 Å². The van der Waals surface area contributed by atoms with Gasteiger partial charge in [0.1, 0.15) is 18.0 Å². The molecule has 19 heavy (non-hydrogen) atoms. The van der Waals surface area contributed by atoms with Gasteiger partial charge in [0.05, 0.1) is 15.7 Å². The number of benzene rings is 1. The molecular weight excluding hydrogens is 283 g/mol. The minimum atomic E-state index is 0.475. The summed E-state index contributed by atoms with van der Waals surface area (Å²) in [6, 6.07) is 5.32. The molecule has 2 rings (SSSR count). The molecule has 0 aliphatic rings. The predicted octanol–water partition coefficient (Wildman–Crippen LogP) is 4.06. The van der Waals surface area contributed by atoms with Crippen molar-refractivity contribution in [1.82, 2.24) is 9.97 Å². The van der Waals surface area contributed by atoms with E-state index >= 15 is 0 Å². The number of nitrogens with zero attached hydrogens (tertiary/aromatic N) is 2. The van der Waals surface area contributed by atoms with Gasteiger partial charge in [0.2, 0.25) is 0 Å². The lowest BCUT2D eigenvalue weighted by atomic mass is 10.1. The summed E-state index contributed by atoms with van der Waals surface area (Å²) in [5.74, 6) is 1.12.